The molecule has 1 atom stereocenters. The summed E-state index contributed by atoms with van der Waals surface area (Å²) in [4.78, 5) is 28.0. The lowest BCUT2D eigenvalue weighted by molar-refractivity contribution is -0.120. The summed E-state index contributed by atoms with van der Waals surface area (Å²) in [5.74, 6) is 0.258. The molecule has 1 fully saturated rings. The van der Waals surface area contributed by atoms with Crippen molar-refractivity contribution in [1.29, 1.82) is 0 Å². The standard InChI is InChI=1S/C21H24FN3O4/c1-12(2)11-17(19(23)26)24-21(27)29-18-10-9-16(13-3-4-13)20(25-18)28-15-7-5-14(22)6-8-15/h5-10,12-13,17H,3-4,11H2,1-2H3,(H2,23,26)(H,24,27)/t17-/m0/s1. The minimum absolute atomic E-state index is 0.0248. The third-order valence-corrected chi connectivity index (χ3v) is 4.45. The summed E-state index contributed by atoms with van der Waals surface area (Å²) in [6.07, 6.45) is 1.63. The average Bonchev–Trinajstić information content (AvgIpc) is 3.48. The molecule has 1 aromatic heterocycles. The molecular formula is C21H24FN3O4. The van der Waals surface area contributed by atoms with Gasteiger partial charge in [-0.05, 0) is 61.4 Å². The highest BCUT2D eigenvalue weighted by Crippen LogP contribution is 2.45. The zero-order valence-electron chi connectivity index (χ0n) is 16.4. The number of ether oxygens (including phenoxy) is 2. The number of carbonyl (C=O) groups is 2. The van der Waals surface area contributed by atoms with E-state index in [1.165, 1.54) is 24.3 Å². The number of nitrogens with two attached hydrogens (primary N) is 1. The van der Waals surface area contributed by atoms with Crippen molar-refractivity contribution in [1.82, 2.24) is 10.3 Å². The fraction of sp³-hybridized carbons (Fsp3) is 0.381. The van der Waals surface area contributed by atoms with Gasteiger partial charge in [0.15, 0.2) is 0 Å². The normalized spacial score (nSPS) is 14.3. The average molecular weight is 401 g/mol. The van der Waals surface area contributed by atoms with Crippen LogP contribution < -0.4 is 20.5 Å². The topological polar surface area (TPSA) is 104 Å². The molecule has 0 saturated heterocycles. The number of halogens is 1. The second-order valence-corrected chi connectivity index (χ2v) is 7.49. The molecule has 1 saturated carbocycles. The van der Waals surface area contributed by atoms with Crippen molar-refractivity contribution in [3.63, 3.8) is 0 Å². The van der Waals surface area contributed by atoms with Gasteiger partial charge in [0.05, 0.1) is 0 Å². The Morgan fingerprint density at radius 2 is 1.90 bits per heavy atom. The number of pyridine rings is 1. The predicted octanol–water partition coefficient (Wildman–Crippen LogP) is 3.88. The van der Waals surface area contributed by atoms with E-state index in [-0.39, 0.29) is 17.6 Å². The number of benzene rings is 1. The number of carbonyl (C=O) groups excluding carboxylic acids is 2. The fourth-order valence-corrected chi connectivity index (χ4v) is 2.88. The van der Waals surface area contributed by atoms with Crippen LogP contribution in [0.5, 0.6) is 17.5 Å². The Hall–Kier alpha value is -3.16. The molecule has 3 N–H and O–H groups in total. The summed E-state index contributed by atoms with van der Waals surface area (Å²) in [7, 11) is 0. The van der Waals surface area contributed by atoms with E-state index in [1.54, 1.807) is 12.1 Å². The first kappa shape index (κ1) is 20.6. The van der Waals surface area contributed by atoms with Gasteiger partial charge in [-0.1, -0.05) is 13.8 Å². The lowest BCUT2D eigenvalue weighted by Crippen LogP contribution is -2.46. The Labute approximate surface area is 168 Å². The van der Waals surface area contributed by atoms with Crippen LogP contribution in [0.15, 0.2) is 36.4 Å². The molecule has 29 heavy (non-hydrogen) atoms. The summed E-state index contributed by atoms with van der Waals surface area (Å²) >= 11 is 0. The minimum Gasteiger partial charge on any atom is -0.439 e. The van der Waals surface area contributed by atoms with Gasteiger partial charge in [-0.25, -0.2) is 9.18 Å². The van der Waals surface area contributed by atoms with Crippen LogP contribution >= 0.6 is 0 Å². The first-order valence-corrected chi connectivity index (χ1v) is 9.54. The van der Waals surface area contributed by atoms with Crippen LogP contribution in [0.3, 0.4) is 0 Å². The van der Waals surface area contributed by atoms with E-state index in [0.29, 0.717) is 24.0 Å². The van der Waals surface area contributed by atoms with Crippen LogP contribution in [0.25, 0.3) is 0 Å². The monoisotopic (exact) mass is 401 g/mol. The van der Waals surface area contributed by atoms with Crippen molar-refractivity contribution in [3.8, 4) is 17.5 Å². The van der Waals surface area contributed by atoms with E-state index in [4.69, 9.17) is 15.2 Å². The first-order chi connectivity index (χ1) is 13.8. The van der Waals surface area contributed by atoms with E-state index in [9.17, 15) is 14.0 Å². The summed E-state index contributed by atoms with van der Waals surface area (Å²) in [6, 6.07) is 8.12. The van der Waals surface area contributed by atoms with Crippen LogP contribution in [-0.2, 0) is 4.79 Å². The van der Waals surface area contributed by atoms with E-state index in [1.807, 2.05) is 13.8 Å². The number of hydrogen-bond acceptors (Lipinski definition) is 5. The van der Waals surface area contributed by atoms with Crippen molar-refractivity contribution in [2.75, 3.05) is 0 Å². The van der Waals surface area contributed by atoms with Gasteiger partial charge >= 0.3 is 6.09 Å². The predicted molar refractivity (Wildman–Crippen MR) is 104 cm³/mol. The third-order valence-electron chi connectivity index (χ3n) is 4.45. The summed E-state index contributed by atoms with van der Waals surface area (Å²) in [5, 5.41) is 2.46. The molecule has 0 spiro atoms. The maximum Gasteiger partial charge on any atom is 0.414 e. The SMILES string of the molecule is CC(C)C[C@H](NC(=O)Oc1ccc(C2CC2)c(Oc2ccc(F)cc2)n1)C(N)=O. The van der Waals surface area contributed by atoms with E-state index in [2.05, 4.69) is 10.3 Å². The molecule has 7 nitrogen and oxygen atoms in total. The maximum atomic E-state index is 13.1. The molecule has 0 unspecified atom stereocenters. The molecule has 8 heteroatoms. The molecular weight excluding hydrogens is 377 g/mol. The Kier molecular flexibility index (Phi) is 6.31. The highest BCUT2D eigenvalue weighted by Gasteiger charge is 2.29. The number of hydrogen-bond donors (Lipinski definition) is 2. The summed E-state index contributed by atoms with van der Waals surface area (Å²) in [5.41, 5.74) is 6.24. The maximum absolute atomic E-state index is 13.1. The van der Waals surface area contributed by atoms with Gasteiger partial charge < -0.3 is 20.5 Å². The second kappa shape index (κ2) is 8.89. The molecule has 1 aliphatic rings. The quantitative estimate of drug-likeness (QED) is 0.699. The molecule has 1 aliphatic carbocycles. The molecule has 3 rings (SSSR count). The third kappa shape index (κ3) is 5.91. The van der Waals surface area contributed by atoms with Gasteiger partial charge in [0.25, 0.3) is 0 Å². The van der Waals surface area contributed by atoms with Crippen LogP contribution in [0, 0.1) is 11.7 Å². The second-order valence-electron chi connectivity index (χ2n) is 7.49. The fourth-order valence-electron chi connectivity index (χ4n) is 2.88. The minimum atomic E-state index is -0.830. The van der Waals surface area contributed by atoms with E-state index < -0.39 is 18.0 Å². The van der Waals surface area contributed by atoms with Gasteiger partial charge in [-0.3, -0.25) is 4.79 Å². The Morgan fingerprint density at radius 3 is 2.48 bits per heavy atom. The highest BCUT2D eigenvalue weighted by atomic mass is 19.1. The number of primary amides is 1. The molecule has 0 radical (unpaired) electrons. The zero-order valence-corrected chi connectivity index (χ0v) is 16.4. The van der Waals surface area contributed by atoms with Crippen LogP contribution in [0.2, 0.25) is 0 Å². The number of rotatable bonds is 8. The molecule has 2 aromatic rings. The number of nitrogens with one attached hydrogen (secondary N) is 1. The summed E-state index contributed by atoms with van der Waals surface area (Å²) < 4.78 is 24.1. The van der Waals surface area contributed by atoms with Gasteiger partial charge in [0, 0.05) is 11.6 Å². The lowest BCUT2D eigenvalue weighted by atomic mass is 10.0. The van der Waals surface area contributed by atoms with Crippen LogP contribution in [0.4, 0.5) is 9.18 Å². The van der Waals surface area contributed by atoms with Crippen molar-refractivity contribution >= 4 is 12.0 Å². The lowest BCUT2D eigenvalue weighted by Gasteiger charge is -2.17. The zero-order chi connectivity index (χ0) is 21.0. The highest BCUT2D eigenvalue weighted by molar-refractivity contribution is 5.84. The first-order valence-electron chi connectivity index (χ1n) is 9.54. The molecule has 1 aromatic carbocycles. The van der Waals surface area contributed by atoms with Gasteiger partial charge in [-0.15, -0.1) is 0 Å². The summed E-state index contributed by atoms with van der Waals surface area (Å²) in [6.45, 7) is 3.83. The molecule has 2 amide bonds. The van der Waals surface area contributed by atoms with Crippen LogP contribution in [0.1, 0.15) is 44.6 Å². The number of aromatic nitrogens is 1. The van der Waals surface area contributed by atoms with Crippen molar-refractivity contribution in [2.24, 2.45) is 11.7 Å². The Balaban J connectivity index is 1.73. The van der Waals surface area contributed by atoms with Crippen molar-refractivity contribution < 1.29 is 23.5 Å². The van der Waals surface area contributed by atoms with E-state index >= 15 is 0 Å². The Bertz CT molecular complexity index is 882. The number of amides is 2. The van der Waals surface area contributed by atoms with Crippen molar-refractivity contribution in [3.05, 3.63) is 47.8 Å². The van der Waals surface area contributed by atoms with Gasteiger partial charge in [0.1, 0.15) is 17.6 Å². The molecule has 1 heterocycles. The molecule has 154 valence electrons. The Morgan fingerprint density at radius 1 is 1.21 bits per heavy atom. The smallest absolute Gasteiger partial charge is 0.414 e. The molecule has 0 aliphatic heterocycles. The number of nitrogens with zero attached hydrogens (tertiary/aromatic N) is 1. The van der Waals surface area contributed by atoms with Crippen LogP contribution in [-0.4, -0.2) is 23.0 Å². The van der Waals surface area contributed by atoms with Gasteiger partial charge in [0.2, 0.25) is 17.7 Å². The molecule has 0 bridgehead atoms. The van der Waals surface area contributed by atoms with Gasteiger partial charge in [-0.2, -0.15) is 4.98 Å². The van der Waals surface area contributed by atoms with Crippen molar-refractivity contribution in [2.45, 2.75) is 45.1 Å². The largest absolute Gasteiger partial charge is 0.439 e. The van der Waals surface area contributed by atoms with E-state index in [0.717, 1.165) is 18.4 Å².